The second-order valence-electron chi connectivity index (χ2n) is 9.06. The number of methoxy groups -OCH3 is 1. The van der Waals surface area contributed by atoms with Gasteiger partial charge in [-0.3, -0.25) is 14.5 Å². The minimum absolute atomic E-state index is 0.147. The fourth-order valence-corrected chi connectivity index (χ4v) is 4.98. The van der Waals surface area contributed by atoms with Crippen molar-refractivity contribution >= 4 is 11.6 Å². The highest BCUT2D eigenvalue weighted by molar-refractivity contribution is 5.97. The summed E-state index contributed by atoms with van der Waals surface area (Å²) < 4.78 is 5.28. The van der Waals surface area contributed by atoms with E-state index in [0.29, 0.717) is 12.8 Å². The van der Waals surface area contributed by atoms with Crippen molar-refractivity contribution < 1.29 is 14.3 Å². The first-order chi connectivity index (χ1) is 16.6. The van der Waals surface area contributed by atoms with E-state index in [1.807, 2.05) is 72.8 Å². The number of hydrogen-bond donors (Lipinski definition) is 0. The van der Waals surface area contributed by atoms with Crippen LogP contribution >= 0.6 is 0 Å². The molecule has 2 atom stereocenters. The Kier molecular flexibility index (Phi) is 8.26. The molecule has 4 nitrogen and oxygen atoms in total. The third-order valence-electron chi connectivity index (χ3n) is 6.86. The van der Waals surface area contributed by atoms with E-state index >= 15 is 0 Å². The average Bonchev–Trinajstić information content (AvgIpc) is 2.89. The van der Waals surface area contributed by atoms with Crippen molar-refractivity contribution in [3.8, 4) is 5.75 Å². The number of rotatable bonds is 10. The fourth-order valence-electron chi connectivity index (χ4n) is 4.98. The predicted octanol–water partition coefficient (Wildman–Crippen LogP) is 6.01. The van der Waals surface area contributed by atoms with E-state index < -0.39 is 0 Å². The third-order valence-corrected chi connectivity index (χ3v) is 6.86. The van der Waals surface area contributed by atoms with Crippen LogP contribution in [-0.2, 0) is 6.42 Å². The number of carbonyl (C=O) groups is 2. The molecule has 0 aromatic heterocycles. The predicted molar refractivity (Wildman–Crippen MR) is 136 cm³/mol. The molecule has 1 saturated heterocycles. The van der Waals surface area contributed by atoms with Crippen molar-refractivity contribution in [1.82, 2.24) is 4.90 Å². The van der Waals surface area contributed by atoms with Crippen LogP contribution in [0.15, 0.2) is 84.9 Å². The van der Waals surface area contributed by atoms with E-state index in [9.17, 15) is 9.59 Å². The van der Waals surface area contributed by atoms with Gasteiger partial charge in [0.15, 0.2) is 11.6 Å². The molecule has 0 bridgehead atoms. The Labute approximate surface area is 202 Å². The number of ketones is 2. The molecule has 4 rings (SSSR count). The quantitative estimate of drug-likeness (QED) is 0.352. The molecule has 0 aliphatic carbocycles. The molecule has 1 heterocycles. The summed E-state index contributed by atoms with van der Waals surface area (Å²) in [7, 11) is 1.67. The first-order valence-corrected chi connectivity index (χ1v) is 12.2. The number of Topliss-reactive ketones (excluding diaryl/α,β-unsaturated/α-hetero) is 2. The van der Waals surface area contributed by atoms with Crippen LogP contribution in [0, 0.1) is 0 Å². The summed E-state index contributed by atoms with van der Waals surface area (Å²) in [4.78, 5) is 28.5. The maximum absolute atomic E-state index is 13.0. The molecule has 3 aromatic rings. The first kappa shape index (κ1) is 23.9. The van der Waals surface area contributed by atoms with Gasteiger partial charge in [0.05, 0.1) is 7.11 Å². The van der Waals surface area contributed by atoms with Crippen molar-refractivity contribution in [2.24, 2.45) is 0 Å². The van der Waals surface area contributed by atoms with Gasteiger partial charge in [-0.1, -0.05) is 79.2 Å². The van der Waals surface area contributed by atoms with Crippen LogP contribution in [0.1, 0.15) is 58.4 Å². The third kappa shape index (κ3) is 6.21. The van der Waals surface area contributed by atoms with E-state index in [1.165, 1.54) is 5.56 Å². The van der Waals surface area contributed by atoms with E-state index in [0.717, 1.165) is 49.1 Å². The van der Waals surface area contributed by atoms with E-state index in [-0.39, 0.29) is 23.7 Å². The van der Waals surface area contributed by atoms with Gasteiger partial charge in [0.2, 0.25) is 0 Å². The molecule has 2 unspecified atom stereocenters. The summed E-state index contributed by atoms with van der Waals surface area (Å²) in [5.41, 5.74) is 2.76. The van der Waals surface area contributed by atoms with Crippen molar-refractivity contribution in [2.75, 3.05) is 13.7 Å². The smallest absolute Gasteiger partial charge is 0.164 e. The number of benzene rings is 3. The molecule has 4 heteroatoms. The van der Waals surface area contributed by atoms with E-state index in [2.05, 4.69) is 17.0 Å². The normalized spacial score (nSPS) is 18.4. The number of piperidine rings is 1. The second-order valence-corrected chi connectivity index (χ2v) is 9.06. The molecule has 0 radical (unpaired) electrons. The van der Waals surface area contributed by atoms with Crippen LogP contribution in [-0.4, -0.2) is 42.2 Å². The largest absolute Gasteiger partial charge is 0.497 e. The zero-order valence-electron chi connectivity index (χ0n) is 19.9. The Hall–Kier alpha value is -3.24. The van der Waals surface area contributed by atoms with E-state index in [4.69, 9.17) is 4.74 Å². The highest BCUT2D eigenvalue weighted by Gasteiger charge is 2.33. The van der Waals surface area contributed by atoms with Gasteiger partial charge in [0.25, 0.3) is 0 Å². The SMILES string of the molecule is COc1ccc(CCN2C(CC(=O)c3ccccc3)CCCC2CC(=O)c2ccccc2)cc1. The fraction of sp³-hybridized carbons (Fsp3) is 0.333. The minimum Gasteiger partial charge on any atom is -0.497 e. The molecule has 0 spiro atoms. The molecule has 0 N–H and O–H groups in total. The summed E-state index contributed by atoms with van der Waals surface area (Å²) in [6.45, 7) is 0.825. The van der Waals surface area contributed by atoms with Crippen molar-refractivity contribution in [1.29, 1.82) is 0 Å². The molecule has 1 fully saturated rings. The van der Waals surface area contributed by atoms with Gasteiger partial charge in [-0.15, -0.1) is 0 Å². The van der Waals surface area contributed by atoms with Crippen LogP contribution in [0.25, 0.3) is 0 Å². The summed E-state index contributed by atoms with van der Waals surface area (Å²) in [5, 5.41) is 0. The maximum atomic E-state index is 13.0. The Bertz CT molecular complexity index is 1000. The van der Waals surface area contributed by atoms with Gasteiger partial charge in [0.1, 0.15) is 5.75 Å². The Morgan fingerprint density at radius 2 is 1.26 bits per heavy atom. The van der Waals surface area contributed by atoms with Crippen molar-refractivity contribution in [2.45, 2.75) is 50.6 Å². The lowest BCUT2D eigenvalue weighted by molar-refractivity contribution is 0.0596. The molecule has 0 amide bonds. The lowest BCUT2D eigenvalue weighted by atomic mass is 9.87. The maximum Gasteiger partial charge on any atom is 0.164 e. The molecule has 3 aromatic carbocycles. The molecule has 176 valence electrons. The van der Waals surface area contributed by atoms with Crippen LogP contribution in [0.3, 0.4) is 0 Å². The number of likely N-dealkylation sites (tertiary alicyclic amines) is 1. The zero-order chi connectivity index (χ0) is 23.8. The van der Waals surface area contributed by atoms with Gasteiger partial charge in [0, 0.05) is 42.6 Å². The van der Waals surface area contributed by atoms with Crippen molar-refractivity contribution in [3.05, 3.63) is 102 Å². The monoisotopic (exact) mass is 455 g/mol. The molecular formula is C30H33NO3. The van der Waals surface area contributed by atoms with Crippen molar-refractivity contribution in [3.63, 3.8) is 0 Å². The van der Waals surface area contributed by atoms with Crippen LogP contribution in [0.2, 0.25) is 0 Å². The van der Waals surface area contributed by atoms with Gasteiger partial charge < -0.3 is 4.74 Å². The van der Waals surface area contributed by atoms with Crippen LogP contribution in [0.4, 0.5) is 0 Å². The molecule has 0 saturated carbocycles. The summed E-state index contributed by atoms with van der Waals surface area (Å²) in [6, 6.07) is 27.5. The van der Waals surface area contributed by atoms with E-state index in [1.54, 1.807) is 7.11 Å². The number of ether oxygens (including phenoxy) is 1. The van der Waals surface area contributed by atoms with Gasteiger partial charge >= 0.3 is 0 Å². The molecular weight excluding hydrogens is 422 g/mol. The number of hydrogen-bond acceptors (Lipinski definition) is 4. The van der Waals surface area contributed by atoms with Gasteiger partial charge in [-0.2, -0.15) is 0 Å². The zero-order valence-corrected chi connectivity index (χ0v) is 19.9. The summed E-state index contributed by atoms with van der Waals surface area (Å²) in [6.07, 6.45) is 4.86. The average molecular weight is 456 g/mol. The van der Waals surface area contributed by atoms with Gasteiger partial charge in [-0.05, 0) is 37.0 Å². The first-order valence-electron chi connectivity index (χ1n) is 12.2. The summed E-state index contributed by atoms with van der Waals surface area (Å²) >= 11 is 0. The standard InChI is InChI=1S/C30H33NO3/c1-34-28-17-15-23(16-18-28)19-20-31-26(21-29(32)24-9-4-2-5-10-24)13-8-14-27(31)22-30(33)25-11-6-3-7-12-25/h2-7,9-12,15-18,26-27H,8,13-14,19-22H2,1H3. The van der Waals surface area contributed by atoms with Crippen LogP contribution in [0.5, 0.6) is 5.75 Å². The number of nitrogens with zero attached hydrogens (tertiary/aromatic N) is 1. The lowest BCUT2D eigenvalue weighted by Gasteiger charge is -2.42. The molecule has 1 aliphatic heterocycles. The molecule has 1 aliphatic rings. The van der Waals surface area contributed by atoms with Gasteiger partial charge in [-0.25, -0.2) is 0 Å². The number of carbonyl (C=O) groups excluding carboxylic acids is 2. The topological polar surface area (TPSA) is 46.6 Å². The summed E-state index contributed by atoms with van der Waals surface area (Å²) in [5.74, 6) is 1.20. The molecule has 34 heavy (non-hydrogen) atoms. The Morgan fingerprint density at radius 3 is 1.74 bits per heavy atom. The van der Waals surface area contributed by atoms with Crippen LogP contribution < -0.4 is 4.74 Å². The Morgan fingerprint density at radius 1 is 0.765 bits per heavy atom. The second kappa shape index (κ2) is 11.8. The Balaban J connectivity index is 1.50. The highest BCUT2D eigenvalue weighted by Crippen LogP contribution is 2.29. The lowest BCUT2D eigenvalue weighted by Crippen LogP contribution is -2.49. The highest BCUT2D eigenvalue weighted by atomic mass is 16.5. The minimum atomic E-state index is 0.147.